The molecule has 0 aliphatic carbocycles. The van der Waals surface area contributed by atoms with Crippen molar-refractivity contribution in [3.63, 3.8) is 0 Å². The molecule has 110 valence electrons. The highest BCUT2D eigenvalue weighted by atomic mass is 19.1. The summed E-state index contributed by atoms with van der Waals surface area (Å²) in [4.78, 5) is 2.49. The van der Waals surface area contributed by atoms with Gasteiger partial charge in [-0.05, 0) is 44.0 Å². The van der Waals surface area contributed by atoms with E-state index >= 15 is 0 Å². The zero-order valence-corrected chi connectivity index (χ0v) is 12.1. The number of nitrogens with zero attached hydrogens (tertiary/aromatic N) is 1. The number of halogens is 1. The summed E-state index contributed by atoms with van der Waals surface area (Å²) < 4.78 is 19.6. The average molecular weight is 278 g/mol. The van der Waals surface area contributed by atoms with Crippen LogP contribution in [0, 0.1) is 5.82 Å². The molecule has 0 bridgehead atoms. The summed E-state index contributed by atoms with van der Waals surface area (Å²) in [5, 5.41) is 0. The monoisotopic (exact) mass is 278 g/mol. The topological polar surface area (TPSA) is 38.5 Å². The molecule has 2 aliphatic heterocycles. The predicted molar refractivity (Wildman–Crippen MR) is 77.3 cm³/mol. The minimum absolute atomic E-state index is 0.118. The normalized spacial score (nSPS) is 25.2. The Kier molecular flexibility index (Phi) is 3.69. The lowest BCUT2D eigenvalue weighted by Gasteiger charge is -2.46. The Bertz CT molecular complexity index is 483. The standard InChI is InChI=1S/C16H23FN2O/c1-2-7-19-8-5-16(6-9-19)11-14(18)13-10-12(17)3-4-15(13)20-16/h3-4,10,14H,2,5-9,11,18H2,1H3/t14-/m0/s1. The number of benzene rings is 1. The first kappa shape index (κ1) is 13.8. The minimum Gasteiger partial charge on any atom is -0.487 e. The van der Waals surface area contributed by atoms with E-state index in [1.54, 1.807) is 6.07 Å². The molecular formula is C16H23FN2O. The van der Waals surface area contributed by atoms with Gasteiger partial charge >= 0.3 is 0 Å². The molecule has 0 unspecified atom stereocenters. The Morgan fingerprint density at radius 1 is 1.40 bits per heavy atom. The average Bonchev–Trinajstić information content (AvgIpc) is 2.43. The van der Waals surface area contributed by atoms with Gasteiger partial charge in [0, 0.05) is 31.1 Å². The lowest BCUT2D eigenvalue weighted by Crippen LogP contribution is -2.51. The number of likely N-dealkylation sites (tertiary alicyclic amines) is 1. The van der Waals surface area contributed by atoms with Crippen LogP contribution >= 0.6 is 0 Å². The van der Waals surface area contributed by atoms with Crippen molar-refractivity contribution in [2.24, 2.45) is 5.73 Å². The number of nitrogens with two attached hydrogens (primary N) is 1. The van der Waals surface area contributed by atoms with E-state index in [0.717, 1.165) is 50.2 Å². The second-order valence-electron chi connectivity index (χ2n) is 6.12. The lowest BCUT2D eigenvalue weighted by molar-refractivity contribution is -0.0217. The summed E-state index contributed by atoms with van der Waals surface area (Å²) in [5.41, 5.74) is 6.92. The van der Waals surface area contributed by atoms with Crippen molar-refractivity contribution in [3.8, 4) is 5.75 Å². The first-order valence-corrected chi connectivity index (χ1v) is 7.58. The number of piperidine rings is 1. The summed E-state index contributed by atoms with van der Waals surface area (Å²) in [6, 6.07) is 4.58. The highest BCUT2D eigenvalue weighted by Gasteiger charge is 2.42. The first-order valence-electron chi connectivity index (χ1n) is 7.58. The molecule has 2 aliphatic rings. The molecule has 3 nitrogen and oxygen atoms in total. The second-order valence-corrected chi connectivity index (χ2v) is 6.12. The van der Waals surface area contributed by atoms with Crippen molar-refractivity contribution in [3.05, 3.63) is 29.6 Å². The Labute approximate surface area is 119 Å². The van der Waals surface area contributed by atoms with Gasteiger partial charge in [-0.2, -0.15) is 0 Å². The largest absolute Gasteiger partial charge is 0.487 e. The van der Waals surface area contributed by atoms with Gasteiger partial charge in [-0.1, -0.05) is 6.92 Å². The molecule has 20 heavy (non-hydrogen) atoms. The van der Waals surface area contributed by atoms with Crippen molar-refractivity contribution in [1.29, 1.82) is 0 Å². The Balaban J connectivity index is 1.76. The van der Waals surface area contributed by atoms with E-state index in [1.165, 1.54) is 18.6 Å². The van der Waals surface area contributed by atoms with Crippen LogP contribution in [0.2, 0.25) is 0 Å². The van der Waals surface area contributed by atoms with Gasteiger partial charge in [0.25, 0.3) is 0 Å². The SMILES string of the molecule is CCCN1CCC2(CC1)C[C@H](N)c1cc(F)ccc1O2. The number of rotatable bonds is 2. The maximum atomic E-state index is 13.3. The van der Waals surface area contributed by atoms with Crippen LogP contribution in [0.5, 0.6) is 5.75 Å². The van der Waals surface area contributed by atoms with Crippen LogP contribution in [-0.4, -0.2) is 30.1 Å². The molecule has 0 radical (unpaired) electrons. The highest BCUT2D eigenvalue weighted by Crippen LogP contribution is 2.43. The maximum Gasteiger partial charge on any atom is 0.125 e. The van der Waals surface area contributed by atoms with Crippen LogP contribution < -0.4 is 10.5 Å². The second kappa shape index (κ2) is 5.34. The van der Waals surface area contributed by atoms with Crippen LogP contribution in [-0.2, 0) is 0 Å². The van der Waals surface area contributed by atoms with Crippen molar-refractivity contribution in [2.45, 2.75) is 44.2 Å². The number of hydrogen-bond acceptors (Lipinski definition) is 3. The lowest BCUT2D eigenvalue weighted by atomic mass is 9.81. The Morgan fingerprint density at radius 3 is 2.85 bits per heavy atom. The molecule has 0 saturated carbocycles. The Morgan fingerprint density at radius 2 is 2.15 bits per heavy atom. The van der Waals surface area contributed by atoms with Gasteiger partial charge in [-0.15, -0.1) is 0 Å². The molecule has 4 heteroatoms. The molecule has 1 fully saturated rings. The van der Waals surface area contributed by atoms with Crippen LogP contribution in [0.4, 0.5) is 4.39 Å². The van der Waals surface area contributed by atoms with E-state index in [9.17, 15) is 4.39 Å². The summed E-state index contributed by atoms with van der Waals surface area (Å²) in [5.74, 6) is 0.533. The summed E-state index contributed by atoms with van der Waals surface area (Å²) in [6.07, 6.45) is 4.01. The molecule has 1 spiro atoms. The number of hydrogen-bond donors (Lipinski definition) is 1. The van der Waals surface area contributed by atoms with E-state index in [4.69, 9.17) is 10.5 Å². The van der Waals surface area contributed by atoms with Gasteiger partial charge in [0.2, 0.25) is 0 Å². The van der Waals surface area contributed by atoms with E-state index in [2.05, 4.69) is 11.8 Å². The van der Waals surface area contributed by atoms with Crippen LogP contribution in [0.15, 0.2) is 18.2 Å². The van der Waals surface area contributed by atoms with Gasteiger partial charge in [-0.3, -0.25) is 0 Å². The molecule has 0 amide bonds. The third kappa shape index (κ3) is 2.54. The molecule has 2 heterocycles. The zero-order chi connectivity index (χ0) is 14.2. The molecule has 1 atom stereocenters. The number of ether oxygens (including phenoxy) is 1. The third-order valence-corrected chi connectivity index (χ3v) is 4.60. The predicted octanol–water partition coefficient (Wildman–Crippen LogP) is 2.85. The van der Waals surface area contributed by atoms with Crippen LogP contribution in [0.1, 0.15) is 44.2 Å². The first-order chi connectivity index (χ1) is 9.62. The molecule has 0 aromatic heterocycles. The van der Waals surface area contributed by atoms with Gasteiger partial charge in [-0.25, -0.2) is 4.39 Å². The van der Waals surface area contributed by atoms with E-state index in [1.807, 2.05) is 0 Å². The summed E-state index contributed by atoms with van der Waals surface area (Å²) >= 11 is 0. The quantitative estimate of drug-likeness (QED) is 0.904. The fourth-order valence-corrected chi connectivity index (χ4v) is 3.49. The van der Waals surface area contributed by atoms with Crippen LogP contribution in [0.25, 0.3) is 0 Å². The van der Waals surface area contributed by atoms with E-state index in [0.29, 0.717) is 0 Å². The minimum atomic E-state index is -0.239. The molecular weight excluding hydrogens is 255 g/mol. The van der Waals surface area contributed by atoms with Gasteiger partial charge in [0.15, 0.2) is 0 Å². The molecule has 1 aromatic rings. The van der Waals surface area contributed by atoms with Crippen molar-refractivity contribution in [2.75, 3.05) is 19.6 Å². The van der Waals surface area contributed by atoms with Crippen molar-refractivity contribution in [1.82, 2.24) is 4.90 Å². The highest BCUT2D eigenvalue weighted by molar-refractivity contribution is 5.39. The summed E-state index contributed by atoms with van der Waals surface area (Å²) in [7, 11) is 0. The number of fused-ring (bicyclic) bond motifs is 1. The Hall–Kier alpha value is -1.13. The van der Waals surface area contributed by atoms with E-state index < -0.39 is 0 Å². The smallest absolute Gasteiger partial charge is 0.125 e. The zero-order valence-electron chi connectivity index (χ0n) is 12.1. The molecule has 3 rings (SSSR count). The fraction of sp³-hybridized carbons (Fsp3) is 0.625. The van der Waals surface area contributed by atoms with Gasteiger partial charge in [0.1, 0.15) is 17.2 Å². The molecule has 1 aromatic carbocycles. The molecule has 1 saturated heterocycles. The summed E-state index contributed by atoms with van der Waals surface area (Å²) in [6.45, 7) is 5.50. The van der Waals surface area contributed by atoms with Crippen molar-refractivity contribution >= 4 is 0 Å². The van der Waals surface area contributed by atoms with Crippen molar-refractivity contribution < 1.29 is 9.13 Å². The van der Waals surface area contributed by atoms with E-state index in [-0.39, 0.29) is 17.5 Å². The van der Waals surface area contributed by atoms with Crippen LogP contribution in [0.3, 0.4) is 0 Å². The fourth-order valence-electron chi connectivity index (χ4n) is 3.49. The van der Waals surface area contributed by atoms with Gasteiger partial charge < -0.3 is 15.4 Å². The molecule has 2 N–H and O–H groups in total. The third-order valence-electron chi connectivity index (χ3n) is 4.60. The van der Waals surface area contributed by atoms with Gasteiger partial charge in [0.05, 0.1) is 0 Å². The maximum absolute atomic E-state index is 13.3.